The van der Waals surface area contributed by atoms with Gasteiger partial charge in [0.15, 0.2) is 11.5 Å². The number of fused-ring (bicyclic) bond motifs is 1. The van der Waals surface area contributed by atoms with Crippen molar-refractivity contribution in [2.24, 2.45) is 7.05 Å². The minimum atomic E-state index is 0.320. The van der Waals surface area contributed by atoms with Crippen LogP contribution in [-0.2, 0) is 13.6 Å². The Labute approximate surface area is 138 Å². The largest absolute Gasteiger partial charge is 0.454 e. The highest BCUT2D eigenvalue weighted by molar-refractivity contribution is 9.10. The van der Waals surface area contributed by atoms with Gasteiger partial charge in [0.25, 0.3) is 0 Å². The van der Waals surface area contributed by atoms with E-state index in [-0.39, 0.29) is 0 Å². The van der Waals surface area contributed by atoms with E-state index in [1.807, 2.05) is 6.07 Å². The zero-order valence-corrected chi connectivity index (χ0v) is 14.2. The van der Waals surface area contributed by atoms with Crippen molar-refractivity contribution in [1.82, 2.24) is 9.47 Å². The van der Waals surface area contributed by atoms with Crippen molar-refractivity contribution in [3.63, 3.8) is 0 Å². The Kier molecular flexibility index (Phi) is 3.62. The minimum absolute atomic E-state index is 0.320. The van der Waals surface area contributed by atoms with Gasteiger partial charge in [0.2, 0.25) is 6.79 Å². The third-order valence-electron chi connectivity index (χ3n) is 4.60. The van der Waals surface area contributed by atoms with Crippen LogP contribution in [0.1, 0.15) is 30.1 Å². The molecule has 4 nitrogen and oxygen atoms in total. The molecule has 1 fully saturated rings. The molecule has 22 heavy (non-hydrogen) atoms. The number of likely N-dealkylation sites (tertiary alicyclic amines) is 1. The molecule has 1 unspecified atom stereocenters. The van der Waals surface area contributed by atoms with E-state index in [2.05, 4.69) is 56.8 Å². The van der Waals surface area contributed by atoms with Crippen molar-refractivity contribution in [3.05, 3.63) is 46.2 Å². The first-order valence-corrected chi connectivity index (χ1v) is 8.45. The summed E-state index contributed by atoms with van der Waals surface area (Å²) >= 11 is 3.67. The maximum absolute atomic E-state index is 5.51. The fourth-order valence-corrected chi connectivity index (χ4v) is 3.92. The van der Waals surface area contributed by atoms with E-state index in [0.717, 1.165) is 29.1 Å². The van der Waals surface area contributed by atoms with Gasteiger partial charge < -0.3 is 14.0 Å². The summed E-state index contributed by atoms with van der Waals surface area (Å²) < 4.78 is 14.3. The van der Waals surface area contributed by atoms with Crippen molar-refractivity contribution in [1.29, 1.82) is 0 Å². The average molecular weight is 363 g/mol. The van der Waals surface area contributed by atoms with Gasteiger partial charge in [-0.2, -0.15) is 0 Å². The molecule has 2 aliphatic rings. The molecule has 1 atom stereocenters. The van der Waals surface area contributed by atoms with Crippen LogP contribution in [0, 0.1) is 0 Å². The van der Waals surface area contributed by atoms with Crippen molar-refractivity contribution >= 4 is 15.9 Å². The van der Waals surface area contributed by atoms with Crippen molar-refractivity contribution < 1.29 is 9.47 Å². The second-order valence-electron chi connectivity index (χ2n) is 5.97. The highest BCUT2D eigenvalue weighted by Gasteiger charge is 2.28. The molecule has 2 aliphatic heterocycles. The molecule has 1 aromatic heterocycles. The molecule has 4 rings (SSSR count). The van der Waals surface area contributed by atoms with E-state index in [4.69, 9.17) is 9.47 Å². The van der Waals surface area contributed by atoms with Crippen LogP contribution in [0.2, 0.25) is 0 Å². The van der Waals surface area contributed by atoms with Gasteiger partial charge in [-0.25, -0.2) is 0 Å². The van der Waals surface area contributed by atoms with Gasteiger partial charge in [0.05, 0.1) is 6.04 Å². The molecule has 1 saturated heterocycles. The van der Waals surface area contributed by atoms with Crippen LogP contribution < -0.4 is 9.47 Å². The molecule has 1 aromatic carbocycles. The first-order chi connectivity index (χ1) is 10.7. The number of rotatable bonds is 3. The third kappa shape index (κ3) is 2.42. The smallest absolute Gasteiger partial charge is 0.231 e. The number of ether oxygens (including phenoxy) is 2. The van der Waals surface area contributed by atoms with E-state index in [1.54, 1.807) is 0 Å². The van der Waals surface area contributed by atoms with E-state index >= 15 is 0 Å². The SMILES string of the molecule is Cn1cccc1C1CCCN1Cc1cc2c(cc1Br)OCO2. The van der Waals surface area contributed by atoms with Crippen LogP contribution in [-0.4, -0.2) is 22.8 Å². The third-order valence-corrected chi connectivity index (χ3v) is 5.34. The molecule has 2 aromatic rings. The van der Waals surface area contributed by atoms with E-state index in [0.29, 0.717) is 12.8 Å². The highest BCUT2D eigenvalue weighted by Crippen LogP contribution is 2.39. The lowest BCUT2D eigenvalue weighted by Gasteiger charge is -2.25. The van der Waals surface area contributed by atoms with Crippen molar-refractivity contribution in [2.45, 2.75) is 25.4 Å². The lowest BCUT2D eigenvalue weighted by molar-refractivity contribution is 0.174. The zero-order valence-electron chi connectivity index (χ0n) is 12.6. The minimum Gasteiger partial charge on any atom is -0.454 e. The van der Waals surface area contributed by atoms with Crippen molar-refractivity contribution in [2.75, 3.05) is 13.3 Å². The molecule has 0 radical (unpaired) electrons. The number of nitrogens with zero attached hydrogens (tertiary/aromatic N) is 2. The fraction of sp³-hybridized carbons (Fsp3) is 0.412. The van der Waals surface area contributed by atoms with Gasteiger partial charge in [-0.3, -0.25) is 4.90 Å². The molecule has 0 bridgehead atoms. The molecular weight excluding hydrogens is 344 g/mol. The predicted octanol–water partition coefficient (Wildman–Crippen LogP) is 3.85. The quantitative estimate of drug-likeness (QED) is 0.829. The Morgan fingerprint density at radius 2 is 2.09 bits per heavy atom. The molecule has 0 amide bonds. The number of benzene rings is 1. The van der Waals surface area contributed by atoms with E-state index < -0.39 is 0 Å². The number of aryl methyl sites for hydroxylation is 1. The van der Waals surface area contributed by atoms with Crippen LogP contribution in [0.3, 0.4) is 0 Å². The standard InChI is InChI=1S/C17H19BrN2O2/c1-19-6-2-4-14(19)15-5-3-7-20(15)10-12-8-16-17(9-13(12)18)22-11-21-16/h2,4,6,8-9,15H,3,5,7,10-11H2,1H3. The molecular formula is C17H19BrN2O2. The summed E-state index contributed by atoms with van der Waals surface area (Å²) in [5.41, 5.74) is 2.65. The topological polar surface area (TPSA) is 26.6 Å². The number of hydrogen-bond acceptors (Lipinski definition) is 3. The second-order valence-corrected chi connectivity index (χ2v) is 6.82. The first-order valence-electron chi connectivity index (χ1n) is 7.65. The van der Waals surface area contributed by atoms with Crippen LogP contribution in [0.25, 0.3) is 0 Å². The number of halogens is 1. The van der Waals surface area contributed by atoms with Crippen molar-refractivity contribution in [3.8, 4) is 11.5 Å². The summed E-state index contributed by atoms with van der Waals surface area (Å²) in [6, 6.07) is 8.98. The normalized spacial score (nSPS) is 20.7. The van der Waals surface area contributed by atoms with Crippen LogP contribution in [0.4, 0.5) is 0 Å². The molecule has 0 N–H and O–H groups in total. The first kappa shape index (κ1) is 14.2. The lowest BCUT2D eigenvalue weighted by atomic mass is 10.1. The maximum Gasteiger partial charge on any atom is 0.231 e. The van der Waals surface area contributed by atoms with Gasteiger partial charge >= 0.3 is 0 Å². The Hall–Kier alpha value is -1.46. The molecule has 0 spiro atoms. The summed E-state index contributed by atoms with van der Waals surface area (Å²) in [4.78, 5) is 2.55. The van der Waals surface area contributed by atoms with Crippen LogP contribution in [0.5, 0.6) is 11.5 Å². The van der Waals surface area contributed by atoms with Gasteiger partial charge in [0.1, 0.15) is 0 Å². The monoisotopic (exact) mass is 362 g/mol. The van der Waals surface area contributed by atoms with Gasteiger partial charge in [-0.05, 0) is 49.2 Å². The lowest BCUT2D eigenvalue weighted by Crippen LogP contribution is -2.24. The fourth-order valence-electron chi connectivity index (χ4n) is 3.47. The Morgan fingerprint density at radius 1 is 1.27 bits per heavy atom. The molecule has 5 heteroatoms. The summed E-state index contributed by atoms with van der Waals surface area (Å²) in [5, 5.41) is 0. The summed E-state index contributed by atoms with van der Waals surface area (Å²) in [6.07, 6.45) is 4.60. The van der Waals surface area contributed by atoms with Gasteiger partial charge in [0, 0.05) is 30.0 Å². The molecule has 3 heterocycles. The van der Waals surface area contributed by atoms with Crippen LogP contribution in [0.15, 0.2) is 34.9 Å². The Morgan fingerprint density at radius 3 is 2.86 bits per heavy atom. The summed E-state index contributed by atoms with van der Waals surface area (Å²) in [5.74, 6) is 1.68. The Balaban J connectivity index is 1.59. The average Bonchev–Trinajstić information content (AvgIpc) is 3.20. The van der Waals surface area contributed by atoms with Crippen LogP contribution >= 0.6 is 15.9 Å². The second kappa shape index (κ2) is 5.63. The predicted molar refractivity (Wildman–Crippen MR) is 88.1 cm³/mol. The molecule has 0 aliphatic carbocycles. The van der Waals surface area contributed by atoms with E-state index in [9.17, 15) is 0 Å². The number of aromatic nitrogens is 1. The Bertz CT molecular complexity index is 698. The summed E-state index contributed by atoms with van der Waals surface area (Å²) in [6.45, 7) is 2.38. The van der Waals surface area contributed by atoms with Gasteiger partial charge in [-0.1, -0.05) is 15.9 Å². The highest BCUT2D eigenvalue weighted by atomic mass is 79.9. The summed E-state index contributed by atoms with van der Waals surface area (Å²) in [7, 11) is 2.13. The van der Waals surface area contributed by atoms with Gasteiger partial charge in [-0.15, -0.1) is 0 Å². The maximum atomic E-state index is 5.51. The van der Waals surface area contributed by atoms with E-state index in [1.165, 1.54) is 24.1 Å². The number of hydrogen-bond donors (Lipinski definition) is 0. The molecule has 116 valence electrons. The molecule has 0 saturated carbocycles. The zero-order chi connectivity index (χ0) is 15.1.